The third-order valence-electron chi connectivity index (χ3n) is 4.09. The topological polar surface area (TPSA) is 58.4 Å². The van der Waals surface area contributed by atoms with Crippen LogP contribution in [0.25, 0.3) is 0 Å². The van der Waals surface area contributed by atoms with E-state index in [0.29, 0.717) is 17.6 Å². The van der Waals surface area contributed by atoms with Crippen molar-refractivity contribution in [2.24, 2.45) is 5.92 Å². The van der Waals surface area contributed by atoms with Gasteiger partial charge in [-0.1, -0.05) is 17.7 Å². The van der Waals surface area contributed by atoms with Gasteiger partial charge in [-0.2, -0.15) is 0 Å². The highest BCUT2D eigenvalue weighted by Crippen LogP contribution is 2.38. The van der Waals surface area contributed by atoms with Crippen LogP contribution in [0.2, 0.25) is 5.02 Å². The van der Waals surface area contributed by atoms with Gasteiger partial charge in [0, 0.05) is 19.1 Å². The fourth-order valence-electron chi connectivity index (χ4n) is 3.18. The third kappa shape index (κ3) is 2.28. The minimum atomic E-state index is -0.382. The number of nitro groups is 1. The summed E-state index contributed by atoms with van der Waals surface area (Å²) in [7, 11) is 0. The lowest BCUT2D eigenvalue weighted by atomic mass is 9.94. The lowest BCUT2D eigenvalue weighted by Crippen LogP contribution is -2.40. The fraction of sp³-hybridized carbons (Fsp3) is 0.538. The predicted octanol–water partition coefficient (Wildman–Crippen LogP) is 2.44. The van der Waals surface area contributed by atoms with Crippen LogP contribution in [0.4, 0.5) is 11.4 Å². The van der Waals surface area contributed by atoms with Gasteiger partial charge in [0.1, 0.15) is 10.7 Å². The zero-order valence-corrected chi connectivity index (χ0v) is 11.3. The van der Waals surface area contributed by atoms with Gasteiger partial charge >= 0.3 is 5.69 Å². The number of piperidine rings is 1. The number of para-hydroxylation sites is 1. The molecule has 2 aliphatic heterocycles. The van der Waals surface area contributed by atoms with E-state index < -0.39 is 0 Å². The molecule has 1 aromatic carbocycles. The molecule has 2 atom stereocenters. The molecule has 2 saturated heterocycles. The molecule has 5 nitrogen and oxygen atoms in total. The lowest BCUT2D eigenvalue weighted by Gasteiger charge is -2.24. The van der Waals surface area contributed by atoms with E-state index in [1.165, 1.54) is 12.8 Å². The van der Waals surface area contributed by atoms with E-state index in [1.54, 1.807) is 18.2 Å². The molecule has 0 radical (unpaired) electrons. The molecule has 1 N–H and O–H groups in total. The summed E-state index contributed by atoms with van der Waals surface area (Å²) in [6, 6.07) is 5.60. The number of nitrogens with one attached hydrogen (secondary N) is 1. The average Bonchev–Trinajstić information content (AvgIpc) is 2.81. The van der Waals surface area contributed by atoms with E-state index in [2.05, 4.69) is 10.2 Å². The summed E-state index contributed by atoms with van der Waals surface area (Å²) in [6.07, 6.45) is 2.38. The second-order valence-electron chi connectivity index (χ2n) is 5.23. The number of anilines is 1. The molecule has 1 aromatic rings. The van der Waals surface area contributed by atoms with Crippen LogP contribution >= 0.6 is 11.6 Å². The second kappa shape index (κ2) is 4.98. The zero-order chi connectivity index (χ0) is 13.4. The SMILES string of the molecule is O=[N+]([O-])c1c(Cl)cccc1N1CC2CCCNC2C1. The first-order valence-corrected chi connectivity index (χ1v) is 6.96. The van der Waals surface area contributed by atoms with Crippen LogP contribution in [0.15, 0.2) is 18.2 Å². The standard InChI is InChI=1S/C13H16ClN3O2/c14-10-4-1-5-12(13(10)17(18)19)16-7-9-3-2-6-15-11(9)8-16/h1,4-5,9,11,15H,2-3,6-8H2. The van der Waals surface area contributed by atoms with E-state index in [0.717, 1.165) is 19.6 Å². The molecule has 2 fully saturated rings. The van der Waals surface area contributed by atoms with E-state index in [-0.39, 0.29) is 15.6 Å². The monoisotopic (exact) mass is 281 g/mol. The third-order valence-corrected chi connectivity index (χ3v) is 4.39. The molecule has 0 aromatic heterocycles. The molecule has 3 rings (SSSR count). The highest BCUT2D eigenvalue weighted by Gasteiger charge is 2.36. The maximum atomic E-state index is 11.2. The van der Waals surface area contributed by atoms with Crippen LogP contribution in [0.1, 0.15) is 12.8 Å². The first-order valence-electron chi connectivity index (χ1n) is 6.58. The first kappa shape index (κ1) is 12.7. The molecule has 0 saturated carbocycles. The molecule has 19 heavy (non-hydrogen) atoms. The quantitative estimate of drug-likeness (QED) is 0.668. The fourth-order valence-corrected chi connectivity index (χ4v) is 3.42. The van der Waals surface area contributed by atoms with Gasteiger partial charge in [0.05, 0.1) is 4.92 Å². The number of nitrogens with zero attached hydrogens (tertiary/aromatic N) is 2. The minimum Gasteiger partial charge on any atom is -0.364 e. The van der Waals surface area contributed by atoms with Crippen LogP contribution in [-0.4, -0.2) is 30.6 Å². The van der Waals surface area contributed by atoms with Crippen LogP contribution in [0, 0.1) is 16.0 Å². The molecule has 2 aliphatic rings. The highest BCUT2D eigenvalue weighted by atomic mass is 35.5. The first-order chi connectivity index (χ1) is 9.16. The number of nitro benzene ring substituents is 1. The Balaban J connectivity index is 1.91. The minimum absolute atomic E-state index is 0.0304. The molecule has 0 spiro atoms. The summed E-state index contributed by atoms with van der Waals surface area (Å²) in [5.74, 6) is 0.590. The normalized spacial score (nSPS) is 26.3. The van der Waals surface area contributed by atoms with Gasteiger partial charge < -0.3 is 10.2 Å². The Kier molecular flexibility index (Phi) is 3.33. The predicted molar refractivity (Wildman–Crippen MR) is 74.8 cm³/mol. The van der Waals surface area contributed by atoms with Crippen LogP contribution in [-0.2, 0) is 0 Å². The summed E-state index contributed by atoms with van der Waals surface area (Å²) >= 11 is 5.97. The van der Waals surface area contributed by atoms with Gasteiger partial charge in [0.2, 0.25) is 0 Å². The molecule has 2 unspecified atom stereocenters. The summed E-state index contributed by atoms with van der Waals surface area (Å²) < 4.78 is 0. The van der Waals surface area contributed by atoms with Gasteiger partial charge in [0.25, 0.3) is 0 Å². The second-order valence-corrected chi connectivity index (χ2v) is 5.64. The van der Waals surface area contributed by atoms with Gasteiger partial charge in [-0.15, -0.1) is 0 Å². The number of fused-ring (bicyclic) bond motifs is 1. The molecule has 0 amide bonds. The van der Waals surface area contributed by atoms with Gasteiger partial charge in [0.15, 0.2) is 0 Å². The summed E-state index contributed by atoms with van der Waals surface area (Å²) in [6.45, 7) is 2.75. The molecular formula is C13H16ClN3O2. The average molecular weight is 282 g/mol. The van der Waals surface area contributed by atoms with Crippen LogP contribution in [0.5, 0.6) is 0 Å². The molecular weight excluding hydrogens is 266 g/mol. The van der Waals surface area contributed by atoms with Crippen molar-refractivity contribution in [3.8, 4) is 0 Å². The molecule has 6 heteroatoms. The van der Waals surface area contributed by atoms with Crippen molar-refractivity contribution in [3.05, 3.63) is 33.3 Å². The lowest BCUT2D eigenvalue weighted by molar-refractivity contribution is -0.384. The maximum Gasteiger partial charge on any atom is 0.310 e. The van der Waals surface area contributed by atoms with Crippen molar-refractivity contribution in [3.63, 3.8) is 0 Å². The van der Waals surface area contributed by atoms with Crippen molar-refractivity contribution in [2.75, 3.05) is 24.5 Å². The van der Waals surface area contributed by atoms with Crippen molar-refractivity contribution in [2.45, 2.75) is 18.9 Å². The number of halogens is 1. The van der Waals surface area contributed by atoms with Gasteiger partial charge in [-0.05, 0) is 37.4 Å². The van der Waals surface area contributed by atoms with E-state index in [9.17, 15) is 10.1 Å². The van der Waals surface area contributed by atoms with Gasteiger partial charge in [-0.25, -0.2) is 0 Å². The Bertz CT molecular complexity index is 495. The van der Waals surface area contributed by atoms with Crippen molar-refractivity contribution >= 4 is 23.0 Å². The summed E-state index contributed by atoms with van der Waals surface area (Å²) in [5, 5.41) is 14.9. The molecule has 0 aliphatic carbocycles. The molecule has 102 valence electrons. The van der Waals surface area contributed by atoms with Crippen molar-refractivity contribution in [1.82, 2.24) is 5.32 Å². The van der Waals surface area contributed by atoms with Crippen molar-refractivity contribution < 1.29 is 4.92 Å². The molecule has 2 heterocycles. The largest absolute Gasteiger partial charge is 0.364 e. The Morgan fingerprint density at radius 2 is 2.26 bits per heavy atom. The highest BCUT2D eigenvalue weighted by molar-refractivity contribution is 6.33. The van der Waals surface area contributed by atoms with Crippen molar-refractivity contribution in [1.29, 1.82) is 0 Å². The number of hydrogen-bond donors (Lipinski definition) is 1. The number of rotatable bonds is 2. The number of benzene rings is 1. The molecule has 0 bridgehead atoms. The number of hydrogen-bond acceptors (Lipinski definition) is 4. The zero-order valence-electron chi connectivity index (χ0n) is 10.5. The van der Waals surface area contributed by atoms with Gasteiger partial charge in [-0.3, -0.25) is 10.1 Å². The van der Waals surface area contributed by atoms with E-state index in [1.807, 2.05) is 0 Å². The summed E-state index contributed by atoms with van der Waals surface area (Å²) in [4.78, 5) is 12.9. The van der Waals surface area contributed by atoms with E-state index >= 15 is 0 Å². The Hall–Kier alpha value is -1.33. The summed E-state index contributed by atoms with van der Waals surface area (Å²) in [5.41, 5.74) is 0.677. The van der Waals surface area contributed by atoms with Crippen LogP contribution in [0.3, 0.4) is 0 Å². The maximum absolute atomic E-state index is 11.2. The Morgan fingerprint density at radius 1 is 1.42 bits per heavy atom. The Labute approximate surface area is 116 Å². The van der Waals surface area contributed by atoms with Crippen LogP contribution < -0.4 is 10.2 Å². The smallest absolute Gasteiger partial charge is 0.310 e. The Morgan fingerprint density at radius 3 is 3.00 bits per heavy atom. The van der Waals surface area contributed by atoms with E-state index in [4.69, 9.17) is 11.6 Å².